The molecule has 2 rings (SSSR count). The number of anilines is 2. The molecule has 2 aromatic carbocycles. The summed E-state index contributed by atoms with van der Waals surface area (Å²) in [5, 5.41) is 2.80. The first-order chi connectivity index (χ1) is 10.7. The Bertz CT molecular complexity index is 864. The van der Waals surface area contributed by atoms with E-state index in [-0.39, 0.29) is 5.91 Å². The summed E-state index contributed by atoms with van der Waals surface area (Å²) in [6.45, 7) is 3.70. The van der Waals surface area contributed by atoms with Crippen LogP contribution in [0.2, 0.25) is 0 Å². The first-order valence-corrected chi connectivity index (χ1v) is 9.50. The van der Waals surface area contributed by atoms with Crippen LogP contribution >= 0.6 is 15.9 Å². The van der Waals surface area contributed by atoms with Gasteiger partial charge >= 0.3 is 0 Å². The third-order valence-corrected chi connectivity index (χ3v) is 4.69. The number of benzene rings is 2. The highest BCUT2D eigenvalue weighted by atomic mass is 79.9. The summed E-state index contributed by atoms with van der Waals surface area (Å²) >= 11 is 3.41. The zero-order valence-corrected chi connectivity index (χ0v) is 15.4. The molecule has 0 fully saturated rings. The topological polar surface area (TPSA) is 75.3 Å². The summed E-state index contributed by atoms with van der Waals surface area (Å²) in [4.78, 5) is 12.3. The molecular weight excluding hydrogens is 380 g/mol. The zero-order valence-electron chi connectivity index (χ0n) is 13.0. The lowest BCUT2D eigenvalue weighted by atomic mass is 10.1. The highest BCUT2D eigenvalue weighted by molar-refractivity contribution is 9.10. The van der Waals surface area contributed by atoms with Crippen LogP contribution in [0, 0.1) is 13.8 Å². The quantitative estimate of drug-likeness (QED) is 0.827. The molecule has 2 N–H and O–H groups in total. The number of rotatable bonds is 4. The van der Waals surface area contributed by atoms with Crippen LogP contribution < -0.4 is 10.0 Å². The standard InChI is InChI=1S/C16H17BrN2O3S/c1-10-4-5-12(9-15(10)19-23(3,21)22)16(20)18-13-6-7-14(17)11(2)8-13/h4-9,19H,1-3H3,(H,18,20). The third-order valence-electron chi connectivity index (χ3n) is 3.21. The molecule has 2 aromatic rings. The van der Waals surface area contributed by atoms with Crippen LogP contribution in [0.1, 0.15) is 21.5 Å². The molecule has 0 spiro atoms. The number of halogens is 1. The van der Waals surface area contributed by atoms with Gasteiger partial charge in [0.15, 0.2) is 0 Å². The number of aryl methyl sites for hydroxylation is 2. The van der Waals surface area contributed by atoms with Crippen molar-refractivity contribution in [2.75, 3.05) is 16.3 Å². The molecule has 0 bridgehead atoms. The van der Waals surface area contributed by atoms with Gasteiger partial charge < -0.3 is 5.32 Å². The fraction of sp³-hybridized carbons (Fsp3) is 0.188. The number of carbonyl (C=O) groups is 1. The Balaban J connectivity index is 2.25. The van der Waals surface area contributed by atoms with Crippen LogP contribution in [0.4, 0.5) is 11.4 Å². The van der Waals surface area contributed by atoms with Crippen molar-refractivity contribution in [2.45, 2.75) is 13.8 Å². The molecule has 0 atom stereocenters. The summed E-state index contributed by atoms with van der Waals surface area (Å²) in [6.07, 6.45) is 1.07. The van der Waals surface area contributed by atoms with Gasteiger partial charge in [-0.15, -0.1) is 0 Å². The summed E-state index contributed by atoms with van der Waals surface area (Å²) in [7, 11) is -3.40. The van der Waals surface area contributed by atoms with Crippen LogP contribution in [0.25, 0.3) is 0 Å². The van der Waals surface area contributed by atoms with E-state index in [1.54, 1.807) is 25.1 Å². The van der Waals surface area contributed by atoms with E-state index in [1.165, 1.54) is 6.07 Å². The van der Waals surface area contributed by atoms with E-state index in [4.69, 9.17) is 0 Å². The average Bonchev–Trinajstić information content (AvgIpc) is 2.44. The highest BCUT2D eigenvalue weighted by Crippen LogP contribution is 2.22. The van der Waals surface area contributed by atoms with Crippen molar-refractivity contribution >= 4 is 43.2 Å². The minimum absolute atomic E-state index is 0.303. The van der Waals surface area contributed by atoms with Gasteiger partial charge in [0.25, 0.3) is 5.91 Å². The minimum Gasteiger partial charge on any atom is -0.322 e. The van der Waals surface area contributed by atoms with Crippen LogP contribution in [-0.4, -0.2) is 20.6 Å². The molecular formula is C16H17BrN2O3S. The van der Waals surface area contributed by atoms with Crippen LogP contribution in [0.15, 0.2) is 40.9 Å². The Morgan fingerprint density at radius 3 is 2.35 bits per heavy atom. The molecule has 5 nitrogen and oxygen atoms in total. The van der Waals surface area contributed by atoms with E-state index in [9.17, 15) is 13.2 Å². The molecule has 23 heavy (non-hydrogen) atoms. The minimum atomic E-state index is -3.40. The SMILES string of the molecule is Cc1cc(NC(=O)c2ccc(C)c(NS(C)(=O)=O)c2)ccc1Br. The molecule has 1 amide bonds. The van der Waals surface area contributed by atoms with Crippen molar-refractivity contribution in [1.29, 1.82) is 0 Å². The number of carbonyl (C=O) groups excluding carboxylic acids is 1. The number of hydrogen-bond donors (Lipinski definition) is 2. The molecule has 0 aliphatic carbocycles. The van der Waals surface area contributed by atoms with Gasteiger partial charge in [-0.25, -0.2) is 8.42 Å². The maximum absolute atomic E-state index is 12.3. The van der Waals surface area contributed by atoms with E-state index in [0.29, 0.717) is 16.9 Å². The molecule has 0 aliphatic heterocycles. The molecule has 0 saturated carbocycles. The number of sulfonamides is 1. The fourth-order valence-electron chi connectivity index (χ4n) is 2.00. The predicted octanol–water partition coefficient (Wildman–Crippen LogP) is 3.69. The Hall–Kier alpha value is -1.86. The lowest BCUT2D eigenvalue weighted by Gasteiger charge is -2.11. The second kappa shape index (κ2) is 6.72. The molecule has 7 heteroatoms. The second-order valence-corrected chi connectivity index (χ2v) is 7.92. The van der Waals surface area contributed by atoms with E-state index in [0.717, 1.165) is 21.9 Å². The van der Waals surface area contributed by atoms with Gasteiger partial charge in [0.2, 0.25) is 10.0 Å². The number of amides is 1. The van der Waals surface area contributed by atoms with E-state index in [2.05, 4.69) is 26.0 Å². The Morgan fingerprint density at radius 1 is 1.04 bits per heavy atom. The van der Waals surface area contributed by atoms with Gasteiger partial charge in [-0.05, 0) is 55.3 Å². The first kappa shape index (κ1) is 17.5. The van der Waals surface area contributed by atoms with Gasteiger partial charge in [0, 0.05) is 15.7 Å². The van der Waals surface area contributed by atoms with Crippen LogP contribution in [0.3, 0.4) is 0 Å². The Kier molecular flexibility index (Phi) is 5.11. The van der Waals surface area contributed by atoms with Crippen molar-refractivity contribution in [3.05, 3.63) is 57.6 Å². The summed E-state index contributed by atoms with van der Waals surface area (Å²) in [5.41, 5.74) is 3.20. The van der Waals surface area contributed by atoms with Gasteiger partial charge in [-0.3, -0.25) is 9.52 Å². The van der Waals surface area contributed by atoms with Gasteiger partial charge in [0.05, 0.1) is 11.9 Å². The lowest BCUT2D eigenvalue weighted by molar-refractivity contribution is 0.102. The maximum Gasteiger partial charge on any atom is 0.255 e. The monoisotopic (exact) mass is 396 g/mol. The summed E-state index contributed by atoms with van der Waals surface area (Å²) in [5.74, 6) is -0.303. The molecule has 0 unspecified atom stereocenters. The van der Waals surface area contributed by atoms with Gasteiger partial charge in [-0.2, -0.15) is 0 Å². The summed E-state index contributed by atoms with van der Waals surface area (Å²) < 4.78 is 26.1. The highest BCUT2D eigenvalue weighted by Gasteiger charge is 2.11. The van der Waals surface area contributed by atoms with Gasteiger partial charge in [-0.1, -0.05) is 22.0 Å². The molecule has 0 aliphatic rings. The van der Waals surface area contributed by atoms with E-state index in [1.807, 2.05) is 19.1 Å². The van der Waals surface area contributed by atoms with Crippen LogP contribution in [0.5, 0.6) is 0 Å². The predicted molar refractivity (Wildman–Crippen MR) is 96.5 cm³/mol. The van der Waals surface area contributed by atoms with E-state index >= 15 is 0 Å². The molecule has 0 heterocycles. The summed E-state index contributed by atoms with van der Waals surface area (Å²) in [6, 6.07) is 10.4. The zero-order chi connectivity index (χ0) is 17.2. The van der Waals surface area contributed by atoms with Crippen molar-refractivity contribution in [3.8, 4) is 0 Å². The maximum atomic E-state index is 12.3. The van der Waals surface area contributed by atoms with E-state index < -0.39 is 10.0 Å². The van der Waals surface area contributed by atoms with Crippen molar-refractivity contribution in [2.24, 2.45) is 0 Å². The van der Waals surface area contributed by atoms with Gasteiger partial charge in [0.1, 0.15) is 0 Å². The average molecular weight is 397 g/mol. The molecule has 0 radical (unpaired) electrons. The van der Waals surface area contributed by atoms with Crippen molar-refractivity contribution < 1.29 is 13.2 Å². The van der Waals surface area contributed by atoms with Crippen LogP contribution in [-0.2, 0) is 10.0 Å². The normalized spacial score (nSPS) is 11.1. The first-order valence-electron chi connectivity index (χ1n) is 6.81. The van der Waals surface area contributed by atoms with Crippen molar-refractivity contribution in [3.63, 3.8) is 0 Å². The third kappa shape index (κ3) is 4.80. The fourth-order valence-corrected chi connectivity index (χ4v) is 2.86. The smallest absolute Gasteiger partial charge is 0.255 e. The number of hydrogen-bond acceptors (Lipinski definition) is 3. The second-order valence-electron chi connectivity index (χ2n) is 5.32. The molecule has 122 valence electrons. The molecule has 0 aromatic heterocycles. The Labute approximate surface area is 144 Å². The largest absolute Gasteiger partial charge is 0.322 e. The van der Waals surface area contributed by atoms with Crippen molar-refractivity contribution in [1.82, 2.24) is 0 Å². The Morgan fingerprint density at radius 2 is 1.74 bits per heavy atom. The molecule has 0 saturated heterocycles. The lowest BCUT2D eigenvalue weighted by Crippen LogP contribution is -2.14. The number of nitrogens with one attached hydrogen (secondary N) is 2.